The fourth-order valence-corrected chi connectivity index (χ4v) is 1.68. The lowest BCUT2D eigenvalue weighted by molar-refractivity contribution is 0.405. The van der Waals surface area contributed by atoms with Gasteiger partial charge in [0.2, 0.25) is 0 Å². The lowest BCUT2D eigenvalue weighted by Gasteiger charge is -2.21. The normalized spacial score (nSPS) is 13.1. The number of nitrogens with one attached hydrogen (secondary N) is 1. The number of rotatable bonds is 5. The van der Waals surface area contributed by atoms with Crippen LogP contribution >= 0.6 is 0 Å². The van der Waals surface area contributed by atoms with E-state index in [9.17, 15) is 4.39 Å². The summed E-state index contributed by atoms with van der Waals surface area (Å²) in [6, 6.07) is 7.25. The van der Waals surface area contributed by atoms with E-state index in [0.717, 1.165) is 13.0 Å². The van der Waals surface area contributed by atoms with Gasteiger partial charge in [-0.2, -0.15) is 0 Å². The summed E-state index contributed by atoms with van der Waals surface area (Å²) in [6.45, 7) is 7.50. The van der Waals surface area contributed by atoms with Gasteiger partial charge < -0.3 is 5.32 Å². The Balaban J connectivity index is 2.61. The molecule has 0 radical (unpaired) electrons. The minimum absolute atomic E-state index is 0.164. The Hall–Kier alpha value is -0.890. The molecule has 1 aromatic rings. The molecular formula is C13H20FN. The second kappa shape index (κ2) is 5.86. The minimum atomic E-state index is -0.164. The number of benzene rings is 1. The van der Waals surface area contributed by atoms with Gasteiger partial charge in [-0.1, -0.05) is 32.9 Å². The van der Waals surface area contributed by atoms with E-state index < -0.39 is 0 Å². The molecule has 0 bridgehead atoms. The lowest BCUT2D eigenvalue weighted by atomic mass is 9.96. The molecule has 1 rings (SSSR count). The summed E-state index contributed by atoms with van der Waals surface area (Å²) in [7, 11) is 0. The van der Waals surface area contributed by atoms with E-state index >= 15 is 0 Å². The molecule has 2 heteroatoms. The van der Waals surface area contributed by atoms with Crippen LogP contribution in [0.1, 0.15) is 26.3 Å². The first kappa shape index (κ1) is 12.2. The molecule has 1 N–H and O–H groups in total. The fourth-order valence-electron chi connectivity index (χ4n) is 1.68. The zero-order valence-electron chi connectivity index (χ0n) is 9.76. The first-order chi connectivity index (χ1) is 7.13. The monoisotopic (exact) mass is 209 g/mol. The van der Waals surface area contributed by atoms with Gasteiger partial charge in [0.1, 0.15) is 5.82 Å². The summed E-state index contributed by atoms with van der Waals surface area (Å²) in [6.07, 6.45) is 0.964. The van der Waals surface area contributed by atoms with Crippen molar-refractivity contribution >= 4 is 0 Å². The Bertz CT molecular complexity index is 279. The van der Waals surface area contributed by atoms with E-state index in [4.69, 9.17) is 0 Å². The first-order valence-corrected chi connectivity index (χ1v) is 5.61. The highest BCUT2D eigenvalue weighted by Crippen LogP contribution is 2.11. The fraction of sp³-hybridized carbons (Fsp3) is 0.538. The quantitative estimate of drug-likeness (QED) is 0.786. The Morgan fingerprint density at radius 2 is 1.80 bits per heavy atom. The molecule has 15 heavy (non-hydrogen) atoms. The van der Waals surface area contributed by atoms with Crippen LogP contribution in [0.5, 0.6) is 0 Å². The molecule has 84 valence electrons. The molecule has 0 aliphatic heterocycles. The maximum atomic E-state index is 12.7. The van der Waals surface area contributed by atoms with Crippen molar-refractivity contribution in [1.82, 2.24) is 5.32 Å². The maximum absolute atomic E-state index is 12.7. The lowest BCUT2D eigenvalue weighted by Crippen LogP contribution is -2.35. The summed E-state index contributed by atoms with van der Waals surface area (Å²) in [5.74, 6) is 0.429. The van der Waals surface area contributed by atoms with Gasteiger partial charge in [-0.3, -0.25) is 0 Å². The van der Waals surface area contributed by atoms with Crippen LogP contribution in [-0.4, -0.2) is 12.6 Å². The Kier molecular flexibility index (Phi) is 4.76. The van der Waals surface area contributed by atoms with Crippen molar-refractivity contribution in [2.24, 2.45) is 5.92 Å². The molecule has 0 spiro atoms. The standard InChI is InChI=1S/C13H20FN/c1-4-15-13(10(2)3)9-11-5-7-12(14)8-6-11/h5-8,10,13,15H,4,9H2,1-3H3. The first-order valence-electron chi connectivity index (χ1n) is 5.61. The summed E-state index contributed by atoms with van der Waals surface area (Å²) in [4.78, 5) is 0. The number of halogens is 1. The number of hydrogen-bond donors (Lipinski definition) is 1. The Labute approximate surface area is 91.7 Å². The maximum Gasteiger partial charge on any atom is 0.123 e. The molecule has 1 unspecified atom stereocenters. The Morgan fingerprint density at radius 3 is 2.27 bits per heavy atom. The van der Waals surface area contributed by atoms with Crippen molar-refractivity contribution < 1.29 is 4.39 Å². The molecule has 0 heterocycles. The van der Waals surface area contributed by atoms with E-state index in [0.29, 0.717) is 12.0 Å². The van der Waals surface area contributed by atoms with Crippen molar-refractivity contribution in [1.29, 1.82) is 0 Å². The van der Waals surface area contributed by atoms with E-state index in [1.807, 2.05) is 12.1 Å². The van der Waals surface area contributed by atoms with Gasteiger partial charge in [0.15, 0.2) is 0 Å². The predicted octanol–water partition coefficient (Wildman–Crippen LogP) is 3.00. The summed E-state index contributed by atoms with van der Waals surface area (Å²) in [5.41, 5.74) is 1.19. The highest BCUT2D eigenvalue weighted by molar-refractivity contribution is 5.17. The molecular weight excluding hydrogens is 189 g/mol. The van der Waals surface area contributed by atoms with Gasteiger partial charge in [-0.25, -0.2) is 4.39 Å². The second-order valence-corrected chi connectivity index (χ2v) is 4.24. The number of hydrogen-bond acceptors (Lipinski definition) is 1. The van der Waals surface area contributed by atoms with Crippen molar-refractivity contribution in [3.05, 3.63) is 35.6 Å². The van der Waals surface area contributed by atoms with Crippen LogP contribution in [0.15, 0.2) is 24.3 Å². The largest absolute Gasteiger partial charge is 0.314 e. The molecule has 0 aliphatic rings. The molecule has 0 aromatic heterocycles. The van der Waals surface area contributed by atoms with Crippen LogP contribution in [0.4, 0.5) is 4.39 Å². The van der Waals surface area contributed by atoms with Gasteiger partial charge >= 0.3 is 0 Å². The molecule has 1 atom stereocenters. The summed E-state index contributed by atoms with van der Waals surface area (Å²) >= 11 is 0. The topological polar surface area (TPSA) is 12.0 Å². The van der Waals surface area contributed by atoms with Gasteiger partial charge in [0.25, 0.3) is 0 Å². The van der Waals surface area contributed by atoms with Crippen molar-refractivity contribution in [3.8, 4) is 0 Å². The van der Waals surface area contributed by atoms with Crippen LogP contribution in [0.2, 0.25) is 0 Å². The van der Waals surface area contributed by atoms with Gasteiger partial charge in [-0.15, -0.1) is 0 Å². The molecule has 0 fully saturated rings. The van der Waals surface area contributed by atoms with E-state index in [2.05, 4.69) is 26.1 Å². The smallest absolute Gasteiger partial charge is 0.123 e. The molecule has 0 aliphatic carbocycles. The van der Waals surface area contributed by atoms with Crippen LogP contribution in [0.3, 0.4) is 0 Å². The van der Waals surface area contributed by atoms with E-state index in [1.165, 1.54) is 17.7 Å². The summed E-state index contributed by atoms with van der Waals surface area (Å²) in [5, 5.41) is 3.45. The zero-order valence-corrected chi connectivity index (χ0v) is 9.76. The van der Waals surface area contributed by atoms with E-state index in [1.54, 1.807) is 0 Å². The van der Waals surface area contributed by atoms with Crippen molar-refractivity contribution in [2.75, 3.05) is 6.54 Å². The third kappa shape index (κ3) is 4.00. The molecule has 0 saturated carbocycles. The summed E-state index contributed by atoms with van der Waals surface area (Å²) < 4.78 is 12.7. The SMILES string of the molecule is CCNC(Cc1ccc(F)cc1)C(C)C. The molecule has 0 amide bonds. The Morgan fingerprint density at radius 1 is 1.20 bits per heavy atom. The van der Waals surface area contributed by atoms with Crippen molar-refractivity contribution in [3.63, 3.8) is 0 Å². The molecule has 1 nitrogen and oxygen atoms in total. The third-order valence-corrected chi connectivity index (χ3v) is 2.64. The number of likely N-dealkylation sites (N-methyl/N-ethyl adjacent to an activating group) is 1. The highest BCUT2D eigenvalue weighted by Gasteiger charge is 2.12. The van der Waals surface area contributed by atoms with Crippen molar-refractivity contribution in [2.45, 2.75) is 33.2 Å². The van der Waals surface area contributed by atoms with Gasteiger partial charge in [-0.05, 0) is 36.6 Å². The van der Waals surface area contributed by atoms with Crippen LogP contribution < -0.4 is 5.32 Å². The highest BCUT2D eigenvalue weighted by atomic mass is 19.1. The molecule has 0 saturated heterocycles. The van der Waals surface area contributed by atoms with E-state index in [-0.39, 0.29) is 5.82 Å². The zero-order chi connectivity index (χ0) is 11.3. The minimum Gasteiger partial charge on any atom is -0.314 e. The average Bonchev–Trinajstić information content (AvgIpc) is 2.20. The van der Waals surface area contributed by atoms with Crippen LogP contribution in [0.25, 0.3) is 0 Å². The predicted molar refractivity (Wildman–Crippen MR) is 62.4 cm³/mol. The van der Waals surface area contributed by atoms with Gasteiger partial charge in [0, 0.05) is 6.04 Å². The third-order valence-electron chi connectivity index (χ3n) is 2.64. The van der Waals surface area contributed by atoms with Crippen LogP contribution in [0, 0.1) is 11.7 Å². The van der Waals surface area contributed by atoms with Gasteiger partial charge in [0.05, 0.1) is 0 Å². The average molecular weight is 209 g/mol. The second-order valence-electron chi connectivity index (χ2n) is 4.24. The van der Waals surface area contributed by atoms with Crippen LogP contribution in [-0.2, 0) is 6.42 Å². The molecule has 1 aromatic carbocycles.